The van der Waals surface area contributed by atoms with E-state index < -0.39 is 10.0 Å². The predicted molar refractivity (Wildman–Crippen MR) is 129 cm³/mol. The van der Waals surface area contributed by atoms with Gasteiger partial charge in [-0.15, -0.1) is 0 Å². The van der Waals surface area contributed by atoms with E-state index in [4.69, 9.17) is 16.3 Å². The van der Waals surface area contributed by atoms with Crippen LogP contribution in [0.5, 0.6) is 5.75 Å². The molecule has 2 fully saturated rings. The Bertz CT molecular complexity index is 1100. The van der Waals surface area contributed by atoms with Crippen LogP contribution in [0.4, 0.5) is 5.69 Å². The number of nitrogens with zero attached hydrogens (tertiary/aromatic N) is 2. The minimum absolute atomic E-state index is 0.154. The smallest absolute Gasteiger partial charge is 0.243 e. The van der Waals surface area contributed by atoms with E-state index >= 15 is 0 Å². The van der Waals surface area contributed by atoms with Crippen molar-refractivity contribution in [3.63, 3.8) is 0 Å². The van der Waals surface area contributed by atoms with E-state index in [0.717, 1.165) is 38.0 Å². The van der Waals surface area contributed by atoms with Gasteiger partial charge in [-0.25, -0.2) is 8.42 Å². The molecule has 33 heavy (non-hydrogen) atoms. The van der Waals surface area contributed by atoms with Gasteiger partial charge in [-0.2, -0.15) is 4.31 Å². The average Bonchev–Trinajstić information content (AvgIpc) is 3.52. The molecule has 4 rings (SSSR count). The van der Waals surface area contributed by atoms with E-state index in [1.54, 1.807) is 7.11 Å². The van der Waals surface area contributed by atoms with Gasteiger partial charge < -0.3 is 10.1 Å². The number of sulfonamides is 1. The Morgan fingerprint density at radius 3 is 2.67 bits per heavy atom. The Morgan fingerprint density at radius 1 is 1.12 bits per heavy atom. The molecular weight excluding hydrogens is 462 g/mol. The number of likely N-dealkylation sites (tertiary alicyclic amines) is 1. The van der Waals surface area contributed by atoms with Crippen LogP contribution in [0.3, 0.4) is 0 Å². The molecule has 0 aliphatic carbocycles. The summed E-state index contributed by atoms with van der Waals surface area (Å²) in [5.41, 5.74) is 1.52. The van der Waals surface area contributed by atoms with Crippen LogP contribution in [0.1, 0.15) is 43.7 Å². The highest BCUT2D eigenvalue weighted by molar-refractivity contribution is 7.89. The zero-order valence-electron chi connectivity index (χ0n) is 18.8. The summed E-state index contributed by atoms with van der Waals surface area (Å²) >= 11 is 6.26. The van der Waals surface area contributed by atoms with Gasteiger partial charge in [-0.05, 0) is 68.1 Å². The van der Waals surface area contributed by atoms with Crippen LogP contribution in [0.25, 0.3) is 0 Å². The second-order valence-corrected chi connectivity index (χ2v) is 10.9. The van der Waals surface area contributed by atoms with Gasteiger partial charge in [0.05, 0.1) is 22.7 Å². The van der Waals surface area contributed by atoms with Crippen molar-refractivity contribution in [3.8, 4) is 5.75 Å². The number of rotatable bonds is 8. The lowest BCUT2D eigenvalue weighted by atomic mass is 10.0. The first-order chi connectivity index (χ1) is 15.9. The second-order valence-electron chi connectivity index (χ2n) is 8.52. The summed E-state index contributed by atoms with van der Waals surface area (Å²) in [6.07, 6.45) is 4.13. The van der Waals surface area contributed by atoms with Crippen molar-refractivity contribution in [1.29, 1.82) is 0 Å². The molecule has 0 saturated carbocycles. The number of anilines is 1. The van der Waals surface area contributed by atoms with Crippen molar-refractivity contribution in [3.05, 3.63) is 53.1 Å². The van der Waals surface area contributed by atoms with E-state index in [1.165, 1.54) is 28.1 Å². The highest BCUT2D eigenvalue weighted by Crippen LogP contribution is 2.34. The number of carbonyl (C=O) groups excluding carboxylic acids is 1. The fourth-order valence-electron chi connectivity index (χ4n) is 4.62. The maximum atomic E-state index is 12.9. The van der Waals surface area contributed by atoms with Crippen LogP contribution in [0.15, 0.2) is 47.4 Å². The Labute approximate surface area is 200 Å². The van der Waals surface area contributed by atoms with Crippen molar-refractivity contribution >= 4 is 33.2 Å². The molecule has 2 aromatic carbocycles. The Hall–Kier alpha value is -2.13. The topological polar surface area (TPSA) is 79.0 Å². The third-order valence-electron chi connectivity index (χ3n) is 6.38. The van der Waals surface area contributed by atoms with E-state index in [9.17, 15) is 13.2 Å². The highest BCUT2D eigenvalue weighted by Gasteiger charge is 2.29. The zero-order valence-corrected chi connectivity index (χ0v) is 20.4. The monoisotopic (exact) mass is 491 g/mol. The number of amides is 1. The molecule has 0 spiro atoms. The Morgan fingerprint density at radius 2 is 1.91 bits per heavy atom. The summed E-state index contributed by atoms with van der Waals surface area (Å²) in [6, 6.07) is 12.8. The molecule has 2 heterocycles. The van der Waals surface area contributed by atoms with Crippen molar-refractivity contribution in [2.45, 2.75) is 43.0 Å². The molecule has 1 unspecified atom stereocenters. The number of benzene rings is 2. The van der Waals surface area contributed by atoms with Crippen LogP contribution < -0.4 is 10.1 Å². The first-order valence-electron chi connectivity index (χ1n) is 11.4. The van der Waals surface area contributed by atoms with Crippen molar-refractivity contribution in [1.82, 2.24) is 9.21 Å². The minimum atomic E-state index is -3.58. The normalized spacial score (nSPS) is 19.6. The van der Waals surface area contributed by atoms with Crippen LogP contribution in [-0.4, -0.2) is 56.8 Å². The van der Waals surface area contributed by atoms with Crippen LogP contribution in [-0.2, 0) is 14.8 Å². The lowest BCUT2D eigenvalue weighted by molar-refractivity contribution is -0.116. The summed E-state index contributed by atoms with van der Waals surface area (Å²) in [7, 11) is -1.92. The molecule has 7 nitrogen and oxygen atoms in total. The van der Waals surface area contributed by atoms with Gasteiger partial charge in [0.1, 0.15) is 5.75 Å². The van der Waals surface area contributed by atoms with Crippen molar-refractivity contribution < 1.29 is 17.9 Å². The van der Waals surface area contributed by atoms with Gasteiger partial charge in [0.25, 0.3) is 0 Å². The fraction of sp³-hybridized carbons (Fsp3) is 0.458. The molecule has 2 aliphatic rings. The Balaban J connectivity index is 1.39. The van der Waals surface area contributed by atoms with Crippen LogP contribution >= 0.6 is 11.6 Å². The number of hydrogen-bond donors (Lipinski definition) is 1. The molecule has 1 atom stereocenters. The molecular formula is C24H30ClN3O4S. The van der Waals surface area contributed by atoms with Gasteiger partial charge in [0.15, 0.2) is 0 Å². The molecule has 2 saturated heterocycles. The van der Waals surface area contributed by atoms with Gasteiger partial charge >= 0.3 is 0 Å². The van der Waals surface area contributed by atoms with Gasteiger partial charge in [0, 0.05) is 32.1 Å². The minimum Gasteiger partial charge on any atom is -0.497 e. The van der Waals surface area contributed by atoms with E-state index in [2.05, 4.69) is 22.3 Å². The third-order valence-corrected chi connectivity index (χ3v) is 8.61. The van der Waals surface area contributed by atoms with Crippen molar-refractivity contribution in [2.75, 3.05) is 38.6 Å². The van der Waals surface area contributed by atoms with Crippen LogP contribution in [0, 0.1) is 0 Å². The van der Waals surface area contributed by atoms with Gasteiger partial charge in [-0.3, -0.25) is 9.69 Å². The van der Waals surface area contributed by atoms with E-state index in [0.29, 0.717) is 36.8 Å². The molecule has 1 N–H and O–H groups in total. The summed E-state index contributed by atoms with van der Waals surface area (Å²) in [6.45, 7) is 2.59. The number of carbonyl (C=O) groups is 1. The molecule has 0 bridgehead atoms. The molecule has 9 heteroatoms. The van der Waals surface area contributed by atoms with Gasteiger partial charge in [-0.1, -0.05) is 23.7 Å². The summed E-state index contributed by atoms with van der Waals surface area (Å²) in [5.74, 6) is 0.638. The first kappa shape index (κ1) is 24.0. The maximum Gasteiger partial charge on any atom is 0.243 e. The molecule has 178 valence electrons. The summed E-state index contributed by atoms with van der Waals surface area (Å²) in [4.78, 5) is 15.2. The van der Waals surface area contributed by atoms with Crippen LogP contribution in [0.2, 0.25) is 5.02 Å². The molecule has 2 aromatic rings. The number of methoxy groups -OCH3 is 1. The molecule has 1 amide bonds. The first-order valence-corrected chi connectivity index (χ1v) is 13.2. The molecule has 0 aromatic heterocycles. The maximum absolute atomic E-state index is 12.9. The van der Waals surface area contributed by atoms with Crippen molar-refractivity contribution in [2.24, 2.45) is 0 Å². The number of ether oxygens (including phenoxy) is 1. The van der Waals surface area contributed by atoms with E-state index in [-0.39, 0.29) is 16.8 Å². The van der Waals surface area contributed by atoms with E-state index in [1.807, 2.05) is 12.1 Å². The quantitative estimate of drug-likeness (QED) is 0.595. The zero-order chi connectivity index (χ0) is 23.4. The average molecular weight is 492 g/mol. The fourth-order valence-corrected chi connectivity index (χ4v) is 6.32. The number of halogens is 1. The van der Waals surface area contributed by atoms with Gasteiger partial charge in [0.2, 0.25) is 15.9 Å². The lowest BCUT2D eigenvalue weighted by Gasteiger charge is -2.25. The predicted octanol–water partition coefficient (Wildman–Crippen LogP) is 4.30. The summed E-state index contributed by atoms with van der Waals surface area (Å²) in [5, 5.41) is 3.13. The molecule has 2 aliphatic heterocycles. The largest absolute Gasteiger partial charge is 0.497 e. The molecule has 0 radical (unpaired) electrons. The summed E-state index contributed by atoms with van der Waals surface area (Å²) < 4.78 is 32.5. The standard InChI is InChI=1S/C24H30ClN3O4S/c1-32-19-7-4-6-18(16-19)23-8-5-12-27(23)15-11-24(29)26-22-17-20(9-10-21(22)25)33(30,31)28-13-2-3-14-28/h4,6-7,9-10,16-17,23H,2-3,5,8,11-15H2,1H3,(H,26,29). The number of nitrogens with one attached hydrogen (secondary N) is 1. The SMILES string of the molecule is COc1cccc(C2CCCN2CCC(=O)Nc2cc(S(=O)(=O)N3CCCC3)ccc2Cl)c1. The second kappa shape index (κ2) is 10.4. The Kier molecular flexibility index (Phi) is 7.58. The number of hydrogen-bond acceptors (Lipinski definition) is 5. The third kappa shape index (κ3) is 5.51. The highest BCUT2D eigenvalue weighted by atomic mass is 35.5. The lowest BCUT2D eigenvalue weighted by Crippen LogP contribution is -2.28.